The van der Waals surface area contributed by atoms with Crippen molar-refractivity contribution in [1.82, 2.24) is 4.98 Å². The molecular weight excluding hydrogens is 418 g/mol. The van der Waals surface area contributed by atoms with Crippen LogP contribution in [0.3, 0.4) is 0 Å². The largest absolute Gasteiger partial charge is 0.493 e. The van der Waals surface area contributed by atoms with Crippen molar-refractivity contribution >= 4 is 28.7 Å². The average molecular weight is 442 g/mol. The Bertz CT molecular complexity index is 1040. The van der Waals surface area contributed by atoms with E-state index in [-0.39, 0.29) is 0 Å². The number of ether oxygens (including phenoxy) is 4. The second-order valence-electron chi connectivity index (χ2n) is 6.11. The van der Waals surface area contributed by atoms with Crippen LogP contribution in [0.4, 0.5) is 5.13 Å². The molecule has 0 unspecified atom stereocenters. The Morgan fingerprint density at radius 2 is 1.81 bits per heavy atom. The normalized spacial score (nSPS) is 10.7. The van der Waals surface area contributed by atoms with Crippen LogP contribution in [0.2, 0.25) is 0 Å². The molecule has 0 aliphatic rings. The lowest BCUT2D eigenvalue weighted by atomic mass is 10.1. The van der Waals surface area contributed by atoms with Crippen LogP contribution in [0.15, 0.2) is 47.6 Å². The number of methoxy groups -OCH3 is 3. The molecule has 8 nitrogen and oxygen atoms in total. The van der Waals surface area contributed by atoms with Crippen molar-refractivity contribution in [2.24, 2.45) is 5.10 Å². The van der Waals surface area contributed by atoms with Gasteiger partial charge in [-0.1, -0.05) is 41.7 Å². The van der Waals surface area contributed by atoms with E-state index >= 15 is 0 Å². The highest BCUT2D eigenvalue weighted by Crippen LogP contribution is 2.38. The lowest BCUT2D eigenvalue weighted by molar-refractivity contribution is 0.0607. The molecule has 0 saturated carbocycles. The van der Waals surface area contributed by atoms with E-state index in [1.807, 2.05) is 37.3 Å². The van der Waals surface area contributed by atoms with Gasteiger partial charge in [0, 0.05) is 11.1 Å². The number of aromatic nitrogens is 1. The zero-order chi connectivity index (χ0) is 22.2. The number of nitrogens with zero attached hydrogens (tertiary/aromatic N) is 2. The Morgan fingerprint density at radius 1 is 1.13 bits per heavy atom. The molecule has 0 aliphatic carbocycles. The summed E-state index contributed by atoms with van der Waals surface area (Å²) in [4.78, 5) is 17.1. The van der Waals surface area contributed by atoms with E-state index in [9.17, 15) is 4.79 Å². The van der Waals surface area contributed by atoms with Gasteiger partial charge < -0.3 is 18.9 Å². The summed E-state index contributed by atoms with van der Waals surface area (Å²) in [6.45, 7) is 2.37. The van der Waals surface area contributed by atoms with Crippen LogP contribution in [0.5, 0.6) is 17.2 Å². The van der Waals surface area contributed by atoms with E-state index in [1.54, 1.807) is 32.6 Å². The molecule has 31 heavy (non-hydrogen) atoms. The van der Waals surface area contributed by atoms with Crippen molar-refractivity contribution in [2.75, 3.05) is 33.4 Å². The maximum absolute atomic E-state index is 12.2. The van der Waals surface area contributed by atoms with Crippen molar-refractivity contribution in [3.8, 4) is 28.5 Å². The average Bonchev–Trinajstić information content (AvgIpc) is 3.24. The van der Waals surface area contributed by atoms with E-state index in [0.29, 0.717) is 39.6 Å². The van der Waals surface area contributed by atoms with Gasteiger partial charge in [0.05, 0.1) is 39.8 Å². The predicted octanol–water partition coefficient (Wildman–Crippen LogP) is 4.46. The van der Waals surface area contributed by atoms with Crippen molar-refractivity contribution in [2.45, 2.75) is 6.92 Å². The Balaban J connectivity index is 1.86. The van der Waals surface area contributed by atoms with Gasteiger partial charge >= 0.3 is 5.97 Å². The molecule has 0 radical (unpaired) electrons. The van der Waals surface area contributed by atoms with Gasteiger partial charge in [-0.2, -0.15) is 5.10 Å². The van der Waals surface area contributed by atoms with Gasteiger partial charge in [-0.15, -0.1) is 0 Å². The molecule has 0 spiro atoms. The first kappa shape index (κ1) is 22.1. The zero-order valence-electron chi connectivity index (χ0n) is 17.7. The third-order valence-electron chi connectivity index (χ3n) is 4.19. The molecule has 1 N–H and O–H groups in total. The van der Waals surface area contributed by atoms with E-state index in [0.717, 1.165) is 11.1 Å². The molecule has 1 heterocycles. The summed E-state index contributed by atoms with van der Waals surface area (Å²) >= 11 is 1.17. The van der Waals surface area contributed by atoms with Gasteiger partial charge in [0.15, 0.2) is 11.5 Å². The van der Waals surface area contributed by atoms with E-state index < -0.39 is 5.97 Å². The molecule has 0 atom stereocenters. The third kappa shape index (κ3) is 5.13. The highest BCUT2D eigenvalue weighted by molar-refractivity contribution is 7.17. The van der Waals surface area contributed by atoms with E-state index in [1.165, 1.54) is 18.4 Å². The minimum atomic E-state index is -0.450. The predicted molar refractivity (Wildman–Crippen MR) is 121 cm³/mol. The van der Waals surface area contributed by atoms with Gasteiger partial charge in [-0.3, -0.25) is 5.43 Å². The molecule has 3 aromatic rings. The van der Waals surface area contributed by atoms with Crippen LogP contribution in [0, 0.1) is 0 Å². The molecule has 0 fully saturated rings. The first-order valence-corrected chi connectivity index (χ1v) is 10.2. The first-order valence-electron chi connectivity index (χ1n) is 9.43. The van der Waals surface area contributed by atoms with Gasteiger partial charge in [-0.25, -0.2) is 9.78 Å². The molecule has 162 valence electrons. The summed E-state index contributed by atoms with van der Waals surface area (Å²) in [7, 11) is 4.46. The van der Waals surface area contributed by atoms with E-state index in [4.69, 9.17) is 18.9 Å². The summed E-state index contributed by atoms with van der Waals surface area (Å²) in [5, 5.41) is 4.70. The Labute approximate surface area is 184 Å². The number of carbonyl (C=O) groups is 1. The minimum Gasteiger partial charge on any atom is -0.493 e. The quantitative estimate of drug-likeness (QED) is 0.298. The number of rotatable bonds is 9. The number of benzene rings is 2. The van der Waals surface area contributed by atoms with Crippen molar-refractivity contribution in [3.05, 3.63) is 52.9 Å². The number of hydrazone groups is 1. The fourth-order valence-electron chi connectivity index (χ4n) is 2.81. The lowest BCUT2D eigenvalue weighted by Crippen LogP contribution is -2.00. The second kappa shape index (κ2) is 10.4. The van der Waals surface area contributed by atoms with Gasteiger partial charge in [0.1, 0.15) is 4.88 Å². The van der Waals surface area contributed by atoms with Crippen LogP contribution >= 0.6 is 11.3 Å². The van der Waals surface area contributed by atoms with Crippen LogP contribution in [-0.4, -0.2) is 45.1 Å². The summed E-state index contributed by atoms with van der Waals surface area (Å²) in [5.41, 5.74) is 4.97. The zero-order valence-corrected chi connectivity index (χ0v) is 18.5. The molecule has 9 heteroatoms. The van der Waals surface area contributed by atoms with Gasteiger partial charge in [0.2, 0.25) is 10.9 Å². The van der Waals surface area contributed by atoms with Crippen LogP contribution in [0.1, 0.15) is 22.2 Å². The fourth-order valence-corrected chi connectivity index (χ4v) is 3.67. The summed E-state index contributed by atoms with van der Waals surface area (Å²) in [6, 6.07) is 13.0. The Morgan fingerprint density at radius 3 is 2.39 bits per heavy atom. The van der Waals surface area contributed by atoms with Crippen molar-refractivity contribution < 1.29 is 23.7 Å². The van der Waals surface area contributed by atoms with E-state index in [2.05, 4.69) is 15.5 Å². The summed E-state index contributed by atoms with van der Waals surface area (Å²) < 4.78 is 21.3. The molecule has 0 bridgehead atoms. The highest BCUT2D eigenvalue weighted by atomic mass is 32.1. The monoisotopic (exact) mass is 441 g/mol. The molecule has 1 aromatic heterocycles. The van der Waals surface area contributed by atoms with Gasteiger partial charge in [0.25, 0.3) is 0 Å². The molecule has 0 aliphatic heterocycles. The van der Waals surface area contributed by atoms with Gasteiger partial charge in [-0.05, 0) is 19.1 Å². The number of thiazole rings is 1. The number of anilines is 1. The first-order chi connectivity index (χ1) is 15.1. The second-order valence-corrected chi connectivity index (χ2v) is 7.11. The fraction of sp³-hybridized carbons (Fsp3) is 0.227. The number of nitrogens with one attached hydrogen (secondary N) is 1. The Hall–Kier alpha value is -3.59. The highest BCUT2D eigenvalue weighted by Gasteiger charge is 2.20. The van der Waals surface area contributed by atoms with Crippen LogP contribution in [-0.2, 0) is 4.74 Å². The molecule has 0 saturated heterocycles. The van der Waals surface area contributed by atoms with Crippen LogP contribution < -0.4 is 19.6 Å². The number of esters is 1. The Kier molecular flexibility index (Phi) is 7.45. The number of hydrogen-bond donors (Lipinski definition) is 1. The molecule has 0 amide bonds. The SMILES string of the molecule is CCOc1c(OC)cc(/C=N\Nc2nc(-c3ccccc3)c(C(=O)OC)s2)cc1OC. The lowest BCUT2D eigenvalue weighted by Gasteiger charge is -2.14. The summed E-state index contributed by atoms with van der Waals surface area (Å²) in [5.74, 6) is 1.16. The van der Waals surface area contributed by atoms with Crippen LogP contribution in [0.25, 0.3) is 11.3 Å². The summed E-state index contributed by atoms with van der Waals surface area (Å²) in [6.07, 6.45) is 1.60. The maximum Gasteiger partial charge on any atom is 0.350 e. The standard InChI is InChI=1S/C22H23N3O5S/c1-5-30-19-16(27-2)11-14(12-17(19)28-3)13-23-25-22-24-18(15-9-7-6-8-10-15)20(31-22)21(26)29-4/h6-13H,5H2,1-4H3,(H,24,25)/b23-13-. The molecule has 3 rings (SSSR count). The maximum atomic E-state index is 12.2. The van der Waals surface area contributed by atoms with Crippen molar-refractivity contribution in [1.29, 1.82) is 0 Å². The third-order valence-corrected chi connectivity index (χ3v) is 5.13. The smallest absolute Gasteiger partial charge is 0.350 e. The number of hydrogen-bond acceptors (Lipinski definition) is 9. The number of carbonyl (C=O) groups excluding carboxylic acids is 1. The molecular formula is C22H23N3O5S. The topological polar surface area (TPSA) is 91.3 Å². The molecule has 2 aromatic carbocycles. The van der Waals surface area contributed by atoms with Crippen molar-refractivity contribution in [3.63, 3.8) is 0 Å². The minimum absolute atomic E-state index is 0.399.